The molecular weight excluding hydrogens is 536 g/mol. The fraction of sp³-hybridized carbons (Fsp3) is 0.207. The van der Waals surface area contributed by atoms with Crippen LogP contribution in [0.2, 0.25) is 5.02 Å². The summed E-state index contributed by atoms with van der Waals surface area (Å²) in [6, 6.07) is 21.7. The van der Waals surface area contributed by atoms with Crippen molar-refractivity contribution in [2.45, 2.75) is 39.7 Å². The number of halogens is 2. The molecule has 2 aromatic heterocycles. The fourth-order valence-electron chi connectivity index (χ4n) is 4.52. The van der Waals surface area contributed by atoms with Gasteiger partial charge in [0.15, 0.2) is 0 Å². The second-order valence-corrected chi connectivity index (χ2v) is 10.3. The Labute approximate surface area is 223 Å². The van der Waals surface area contributed by atoms with Crippen LogP contribution in [0.5, 0.6) is 0 Å². The molecule has 0 unspecified atom stereocenters. The molecule has 7 heteroatoms. The number of aromatic nitrogens is 3. The topological polar surface area (TPSA) is 52.2 Å². The van der Waals surface area contributed by atoms with E-state index >= 15 is 0 Å². The van der Waals surface area contributed by atoms with Crippen LogP contribution in [-0.2, 0) is 6.54 Å². The van der Waals surface area contributed by atoms with Crippen molar-refractivity contribution in [2.75, 3.05) is 0 Å². The van der Waals surface area contributed by atoms with Crippen LogP contribution in [0.15, 0.2) is 81.1 Å². The first kappa shape index (κ1) is 24.5. The molecule has 5 aromatic rings. The van der Waals surface area contributed by atoms with Gasteiger partial charge in [-0.2, -0.15) is 9.78 Å². The number of rotatable bonds is 6. The van der Waals surface area contributed by atoms with Gasteiger partial charge in [-0.1, -0.05) is 77.8 Å². The van der Waals surface area contributed by atoms with E-state index in [1.165, 1.54) is 4.68 Å². The van der Waals surface area contributed by atoms with Gasteiger partial charge in [0.1, 0.15) is 5.82 Å². The molecule has 0 bridgehead atoms. The van der Waals surface area contributed by atoms with Crippen LogP contribution in [0.3, 0.4) is 0 Å². The summed E-state index contributed by atoms with van der Waals surface area (Å²) in [6.45, 7) is 6.87. The normalized spacial score (nSPS) is 12.7. The van der Waals surface area contributed by atoms with Crippen LogP contribution < -0.4 is 5.56 Å². The summed E-state index contributed by atoms with van der Waals surface area (Å²) in [5.41, 5.74) is 4.66. The van der Waals surface area contributed by atoms with Crippen molar-refractivity contribution < 1.29 is 0 Å². The third-order valence-electron chi connectivity index (χ3n) is 6.75. The van der Waals surface area contributed by atoms with Crippen LogP contribution in [0, 0.1) is 6.92 Å². The molecule has 0 saturated carbocycles. The molecule has 0 amide bonds. The monoisotopic (exact) mass is 560 g/mol. The minimum atomic E-state index is -0.176. The van der Waals surface area contributed by atoms with Gasteiger partial charge in [-0.3, -0.25) is 4.79 Å². The number of hydrogen-bond donors (Lipinski definition) is 0. The van der Waals surface area contributed by atoms with Gasteiger partial charge in [-0.25, -0.2) is 4.98 Å². The SMILES string of the molecule is CC[C@@H](C)c1nc2ccc(Br)cc2c(=O)n1N=Cc1c(C)n(Cc2ccccc2Cl)c2ccccc12. The molecule has 0 fully saturated rings. The maximum absolute atomic E-state index is 13.5. The van der Waals surface area contributed by atoms with Gasteiger partial charge >= 0.3 is 0 Å². The van der Waals surface area contributed by atoms with Gasteiger partial charge in [0.25, 0.3) is 5.56 Å². The molecule has 3 aromatic carbocycles. The summed E-state index contributed by atoms with van der Waals surface area (Å²) < 4.78 is 4.54. The number of hydrogen-bond acceptors (Lipinski definition) is 3. The minimum Gasteiger partial charge on any atom is -0.340 e. The Balaban J connectivity index is 1.68. The Morgan fingerprint density at radius 1 is 1.08 bits per heavy atom. The Morgan fingerprint density at radius 2 is 1.83 bits per heavy atom. The molecule has 182 valence electrons. The maximum Gasteiger partial charge on any atom is 0.282 e. The van der Waals surface area contributed by atoms with Gasteiger partial charge < -0.3 is 4.57 Å². The molecule has 0 saturated heterocycles. The Bertz CT molecular complexity index is 1680. The first-order chi connectivity index (χ1) is 17.4. The first-order valence-corrected chi connectivity index (χ1v) is 13.1. The summed E-state index contributed by atoms with van der Waals surface area (Å²) in [5, 5.41) is 7.08. The molecule has 2 heterocycles. The van der Waals surface area contributed by atoms with E-state index in [-0.39, 0.29) is 11.5 Å². The van der Waals surface area contributed by atoms with Crippen molar-refractivity contribution in [3.05, 3.63) is 109 Å². The minimum absolute atomic E-state index is 0.0746. The van der Waals surface area contributed by atoms with Crippen LogP contribution in [0.1, 0.15) is 48.8 Å². The zero-order valence-corrected chi connectivity index (χ0v) is 22.7. The largest absolute Gasteiger partial charge is 0.340 e. The van der Waals surface area contributed by atoms with Gasteiger partial charge in [0.2, 0.25) is 0 Å². The van der Waals surface area contributed by atoms with Crippen LogP contribution in [0.4, 0.5) is 0 Å². The van der Waals surface area contributed by atoms with Crippen LogP contribution in [0.25, 0.3) is 21.8 Å². The van der Waals surface area contributed by atoms with Gasteiger partial charge in [0.05, 0.1) is 17.1 Å². The zero-order chi connectivity index (χ0) is 25.4. The smallest absolute Gasteiger partial charge is 0.282 e. The summed E-state index contributed by atoms with van der Waals surface area (Å²) in [5.74, 6) is 0.733. The van der Waals surface area contributed by atoms with E-state index in [1.54, 1.807) is 12.3 Å². The predicted octanol–water partition coefficient (Wildman–Crippen LogP) is 7.52. The average molecular weight is 562 g/mol. The first-order valence-electron chi connectivity index (χ1n) is 12.0. The average Bonchev–Trinajstić information content (AvgIpc) is 3.15. The third-order valence-corrected chi connectivity index (χ3v) is 7.62. The lowest BCUT2D eigenvalue weighted by Crippen LogP contribution is -2.23. The van der Waals surface area contributed by atoms with Crippen LogP contribution in [-0.4, -0.2) is 20.4 Å². The summed E-state index contributed by atoms with van der Waals surface area (Å²) in [6.07, 6.45) is 2.64. The molecule has 0 spiro atoms. The standard InChI is InChI=1S/C29H26BrClN4O/c1-4-18(2)28-33-26-14-13-21(30)15-23(26)29(36)35(28)32-16-24-19(3)34(27-12-8-6-10-22(24)27)17-20-9-5-7-11-25(20)31/h5-16,18H,4,17H2,1-3H3/t18-/m1/s1. The van der Waals surface area contributed by atoms with Crippen molar-refractivity contribution in [3.63, 3.8) is 0 Å². The molecule has 0 aliphatic rings. The van der Waals surface area contributed by atoms with Crippen LogP contribution >= 0.6 is 27.5 Å². The molecular formula is C29H26BrClN4O. The lowest BCUT2D eigenvalue weighted by Gasteiger charge is -2.14. The number of nitrogens with zero attached hydrogens (tertiary/aromatic N) is 4. The van der Waals surface area contributed by atoms with Crippen molar-refractivity contribution in [3.8, 4) is 0 Å². The lowest BCUT2D eigenvalue weighted by molar-refractivity contribution is 0.613. The summed E-state index contributed by atoms with van der Waals surface area (Å²) in [7, 11) is 0. The molecule has 36 heavy (non-hydrogen) atoms. The maximum atomic E-state index is 13.5. The molecule has 0 aliphatic heterocycles. The lowest BCUT2D eigenvalue weighted by atomic mass is 10.1. The van der Waals surface area contributed by atoms with E-state index in [0.29, 0.717) is 23.3 Å². The van der Waals surface area contributed by atoms with E-state index in [9.17, 15) is 4.79 Å². The van der Waals surface area contributed by atoms with Crippen molar-refractivity contribution in [1.29, 1.82) is 0 Å². The highest BCUT2D eigenvalue weighted by Crippen LogP contribution is 2.28. The van der Waals surface area contributed by atoms with E-state index in [0.717, 1.165) is 43.6 Å². The molecule has 5 rings (SSSR count). The highest BCUT2D eigenvalue weighted by atomic mass is 79.9. The highest BCUT2D eigenvalue weighted by Gasteiger charge is 2.17. The Morgan fingerprint density at radius 3 is 2.61 bits per heavy atom. The van der Waals surface area contributed by atoms with E-state index < -0.39 is 0 Å². The Hall–Kier alpha value is -3.22. The van der Waals surface area contributed by atoms with E-state index in [1.807, 2.05) is 48.5 Å². The Kier molecular flexibility index (Phi) is 6.82. The summed E-state index contributed by atoms with van der Waals surface area (Å²) in [4.78, 5) is 18.4. The van der Waals surface area contributed by atoms with Gasteiger partial charge in [-0.15, -0.1) is 0 Å². The van der Waals surface area contributed by atoms with Crippen molar-refractivity contribution in [1.82, 2.24) is 14.2 Å². The van der Waals surface area contributed by atoms with E-state index in [4.69, 9.17) is 21.7 Å². The van der Waals surface area contributed by atoms with Crippen molar-refractivity contribution >= 4 is 55.6 Å². The van der Waals surface area contributed by atoms with Gasteiger partial charge in [-0.05, 0) is 49.2 Å². The second kappa shape index (κ2) is 10.0. The predicted molar refractivity (Wildman–Crippen MR) is 153 cm³/mol. The number of fused-ring (bicyclic) bond motifs is 2. The number of benzene rings is 3. The molecule has 1 atom stereocenters. The summed E-state index contributed by atoms with van der Waals surface area (Å²) >= 11 is 9.95. The van der Waals surface area contributed by atoms with E-state index in [2.05, 4.69) is 53.4 Å². The molecule has 0 N–H and O–H groups in total. The quantitative estimate of drug-likeness (QED) is 0.201. The molecule has 5 nitrogen and oxygen atoms in total. The van der Waals surface area contributed by atoms with Gasteiger partial charge in [0, 0.05) is 44.1 Å². The zero-order valence-electron chi connectivity index (χ0n) is 20.4. The third kappa shape index (κ3) is 4.40. The van der Waals surface area contributed by atoms with Crippen molar-refractivity contribution in [2.24, 2.45) is 5.10 Å². The highest BCUT2D eigenvalue weighted by molar-refractivity contribution is 9.10. The fourth-order valence-corrected chi connectivity index (χ4v) is 5.07. The molecule has 0 radical (unpaired) electrons. The molecule has 0 aliphatic carbocycles. The number of para-hydroxylation sites is 1. The second-order valence-electron chi connectivity index (χ2n) is 9.00.